The zero-order valence-corrected chi connectivity index (χ0v) is 7.82. The van der Waals surface area contributed by atoms with Crippen LogP contribution in [0.5, 0.6) is 0 Å². The van der Waals surface area contributed by atoms with Crippen LogP contribution < -0.4 is 5.32 Å². The highest BCUT2D eigenvalue weighted by Crippen LogP contribution is 2.17. The number of hydrogen-bond donors (Lipinski definition) is 1. The minimum Gasteiger partial charge on any atom is -0.353 e. The number of urea groups is 1. The first kappa shape index (κ1) is 8.98. The van der Waals surface area contributed by atoms with E-state index in [1.54, 1.807) is 0 Å². The maximum absolute atomic E-state index is 11.6. The molecule has 1 atom stereocenters. The van der Waals surface area contributed by atoms with Gasteiger partial charge in [0.1, 0.15) is 6.04 Å². The van der Waals surface area contributed by atoms with Gasteiger partial charge in [-0.15, -0.1) is 0 Å². The van der Waals surface area contributed by atoms with Gasteiger partial charge in [0.05, 0.1) is 6.42 Å². The van der Waals surface area contributed by atoms with E-state index in [4.69, 9.17) is 0 Å². The number of carbonyl (C=O) groups is 3. The summed E-state index contributed by atoms with van der Waals surface area (Å²) in [4.78, 5) is 36.7. The van der Waals surface area contributed by atoms with Gasteiger partial charge in [-0.2, -0.15) is 0 Å². The Bertz CT molecular complexity index is 315. The molecule has 0 aromatic carbocycles. The molecule has 0 saturated carbocycles. The highest BCUT2D eigenvalue weighted by Gasteiger charge is 2.42. The molecule has 2 fully saturated rings. The summed E-state index contributed by atoms with van der Waals surface area (Å²) >= 11 is 0. The van der Waals surface area contributed by atoms with Crippen LogP contribution >= 0.6 is 0 Å². The van der Waals surface area contributed by atoms with E-state index in [9.17, 15) is 14.4 Å². The maximum Gasteiger partial charge on any atom is 0.327 e. The average molecular weight is 197 g/mol. The van der Waals surface area contributed by atoms with Crippen molar-refractivity contribution < 1.29 is 14.4 Å². The largest absolute Gasteiger partial charge is 0.353 e. The molecule has 4 amide bonds. The molecule has 0 bridgehead atoms. The molecule has 0 unspecified atom stereocenters. The zero-order valence-electron chi connectivity index (χ0n) is 7.82. The predicted octanol–water partition coefficient (Wildman–Crippen LogP) is -1.23. The van der Waals surface area contributed by atoms with E-state index in [2.05, 4.69) is 5.32 Å². The summed E-state index contributed by atoms with van der Waals surface area (Å²) in [6, 6.07) is -0.971. The maximum atomic E-state index is 11.6. The van der Waals surface area contributed by atoms with Crippen molar-refractivity contribution in [3.05, 3.63) is 0 Å². The molecule has 6 heteroatoms. The molecule has 2 aliphatic heterocycles. The summed E-state index contributed by atoms with van der Waals surface area (Å²) < 4.78 is 0. The standard InChI is InChI=1S/C8H11N3O3/c1-10-6(12)4-5-7(13)9-2-3-11(5)8(10)14/h5H,2-4H2,1H3,(H,9,13)/t5-/m0/s1. The lowest BCUT2D eigenvalue weighted by molar-refractivity contribution is -0.139. The first-order valence-electron chi connectivity index (χ1n) is 4.46. The molecule has 0 aromatic heterocycles. The van der Waals surface area contributed by atoms with Crippen LogP contribution in [0.4, 0.5) is 4.79 Å². The van der Waals surface area contributed by atoms with E-state index < -0.39 is 6.04 Å². The molecule has 6 nitrogen and oxygen atoms in total. The zero-order chi connectivity index (χ0) is 10.3. The predicted molar refractivity (Wildman–Crippen MR) is 46.3 cm³/mol. The van der Waals surface area contributed by atoms with Crippen molar-refractivity contribution in [3.8, 4) is 0 Å². The number of nitrogens with zero attached hydrogens (tertiary/aromatic N) is 2. The highest BCUT2D eigenvalue weighted by molar-refractivity contribution is 6.02. The van der Waals surface area contributed by atoms with Crippen molar-refractivity contribution in [1.82, 2.24) is 15.1 Å². The van der Waals surface area contributed by atoms with E-state index in [1.165, 1.54) is 11.9 Å². The summed E-state index contributed by atoms with van der Waals surface area (Å²) in [5.41, 5.74) is 0. The van der Waals surface area contributed by atoms with Gasteiger partial charge in [0.15, 0.2) is 0 Å². The van der Waals surface area contributed by atoms with Gasteiger partial charge in [-0.25, -0.2) is 4.79 Å². The second kappa shape index (κ2) is 2.97. The number of nitrogens with one attached hydrogen (secondary N) is 1. The van der Waals surface area contributed by atoms with E-state index in [0.717, 1.165) is 4.90 Å². The lowest BCUT2D eigenvalue weighted by atomic mass is 10.1. The van der Waals surface area contributed by atoms with Gasteiger partial charge in [-0.05, 0) is 0 Å². The smallest absolute Gasteiger partial charge is 0.327 e. The quantitative estimate of drug-likeness (QED) is 0.528. The first-order valence-corrected chi connectivity index (χ1v) is 4.46. The van der Waals surface area contributed by atoms with Crippen molar-refractivity contribution in [2.24, 2.45) is 0 Å². The second-order valence-corrected chi connectivity index (χ2v) is 3.44. The molecule has 2 aliphatic rings. The summed E-state index contributed by atoms with van der Waals surface area (Å²) in [6.45, 7) is 0.940. The van der Waals surface area contributed by atoms with Gasteiger partial charge in [-0.3, -0.25) is 14.5 Å². The van der Waals surface area contributed by atoms with Crippen molar-refractivity contribution in [3.63, 3.8) is 0 Å². The number of carbonyl (C=O) groups excluding carboxylic acids is 3. The normalized spacial score (nSPS) is 27.5. The van der Waals surface area contributed by atoms with Crippen molar-refractivity contribution in [1.29, 1.82) is 0 Å². The fourth-order valence-electron chi connectivity index (χ4n) is 1.75. The third-order valence-corrected chi connectivity index (χ3v) is 2.61. The van der Waals surface area contributed by atoms with Crippen LogP contribution in [0, 0.1) is 0 Å². The Hall–Kier alpha value is -1.59. The van der Waals surface area contributed by atoms with E-state index in [0.29, 0.717) is 13.1 Å². The third-order valence-electron chi connectivity index (χ3n) is 2.61. The van der Waals surface area contributed by atoms with Gasteiger partial charge in [0.25, 0.3) is 0 Å². The molecular formula is C8H11N3O3. The van der Waals surface area contributed by atoms with Crippen LogP contribution in [0.2, 0.25) is 0 Å². The minimum atomic E-state index is -0.597. The molecule has 2 rings (SSSR count). The van der Waals surface area contributed by atoms with Gasteiger partial charge in [0, 0.05) is 20.1 Å². The first-order chi connectivity index (χ1) is 6.61. The minimum absolute atomic E-state index is 0.0913. The summed E-state index contributed by atoms with van der Waals surface area (Å²) in [7, 11) is 1.44. The lowest BCUT2D eigenvalue weighted by Gasteiger charge is -2.40. The van der Waals surface area contributed by atoms with E-state index >= 15 is 0 Å². The van der Waals surface area contributed by atoms with Gasteiger partial charge in [-0.1, -0.05) is 0 Å². The summed E-state index contributed by atoms with van der Waals surface area (Å²) in [5.74, 6) is -0.528. The Morgan fingerprint density at radius 1 is 1.36 bits per heavy atom. The van der Waals surface area contributed by atoms with Gasteiger partial charge in [0.2, 0.25) is 11.8 Å². The molecule has 2 saturated heterocycles. The molecule has 2 heterocycles. The van der Waals surface area contributed by atoms with Crippen molar-refractivity contribution in [2.75, 3.05) is 20.1 Å². The monoisotopic (exact) mass is 197 g/mol. The van der Waals surface area contributed by atoms with Crippen molar-refractivity contribution in [2.45, 2.75) is 12.5 Å². The number of imide groups is 1. The Morgan fingerprint density at radius 2 is 2.07 bits per heavy atom. The summed E-state index contributed by atoms with van der Waals surface area (Å²) in [5, 5.41) is 2.63. The number of rotatable bonds is 0. The molecule has 76 valence electrons. The number of fused-ring (bicyclic) bond motifs is 1. The van der Waals surface area contributed by atoms with Gasteiger partial charge < -0.3 is 10.2 Å². The Labute approximate surface area is 80.8 Å². The molecular weight excluding hydrogens is 186 g/mol. The SMILES string of the molecule is CN1C(=O)C[C@H]2C(=O)NCCN2C1=O. The van der Waals surface area contributed by atoms with Crippen LogP contribution in [0.1, 0.15) is 6.42 Å². The fourth-order valence-corrected chi connectivity index (χ4v) is 1.75. The second-order valence-electron chi connectivity index (χ2n) is 3.44. The van der Waals surface area contributed by atoms with E-state index in [1.807, 2.05) is 0 Å². The van der Waals surface area contributed by atoms with Crippen LogP contribution in [-0.4, -0.2) is 53.8 Å². The third kappa shape index (κ3) is 1.14. The topological polar surface area (TPSA) is 69.7 Å². The van der Waals surface area contributed by atoms with E-state index in [-0.39, 0.29) is 24.3 Å². The molecule has 0 spiro atoms. The Morgan fingerprint density at radius 3 is 2.79 bits per heavy atom. The van der Waals surface area contributed by atoms with Crippen LogP contribution in [0.15, 0.2) is 0 Å². The average Bonchev–Trinajstić information content (AvgIpc) is 2.17. The number of hydrogen-bond acceptors (Lipinski definition) is 3. The molecule has 1 N–H and O–H groups in total. The number of piperazine rings is 1. The molecule has 14 heavy (non-hydrogen) atoms. The fraction of sp³-hybridized carbons (Fsp3) is 0.625. The molecule has 0 aliphatic carbocycles. The van der Waals surface area contributed by atoms with Crippen LogP contribution in [-0.2, 0) is 9.59 Å². The summed E-state index contributed by atoms with van der Waals surface area (Å²) in [6.07, 6.45) is 0.0913. The Balaban J connectivity index is 2.26. The molecule has 0 radical (unpaired) electrons. The molecule has 0 aromatic rings. The van der Waals surface area contributed by atoms with Crippen LogP contribution in [0.25, 0.3) is 0 Å². The van der Waals surface area contributed by atoms with Gasteiger partial charge >= 0.3 is 6.03 Å². The van der Waals surface area contributed by atoms with Crippen molar-refractivity contribution >= 4 is 17.8 Å². The van der Waals surface area contributed by atoms with Crippen LogP contribution in [0.3, 0.4) is 0 Å². The lowest BCUT2D eigenvalue weighted by Crippen LogP contribution is -2.64. The highest BCUT2D eigenvalue weighted by atomic mass is 16.2. The Kier molecular flexibility index (Phi) is 1.90. The number of amides is 4.